The minimum atomic E-state index is -0.441. The van der Waals surface area contributed by atoms with Crippen molar-refractivity contribution in [3.63, 3.8) is 0 Å². The van der Waals surface area contributed by atoms with Gasteiger partial charge in [0.25, 0.3) is 0 Å². The van der Waals surface area contributed by atoms with Gasteiger partial charge in [-0.1, -0.05) is 60.7 Å². The maximum atomic E-state index is 13.9. The summed E-state index contributed by atoms with van der Waals surface area (Å²) in [5, 5.41) is 0. The molecule has 2 aromatic rings. The van der Waals surface area contributed by atoms with E-state index in [2.05, 4.69) is 12.7 Å². The van der Waals surface area contributed by atoms with Crippen molar-refractivity contribution >= 4 is 11.8 Å². The van der Waals surface area contributed by atoms with Gasteiger partial charge < -0.3 is 28.4 Å². The Kier molecular flexibility index (Phi) is 17.8. The van der Waals surface area contributed by atoms with Gasteiger partial charge in [-0.3, -0.25) is 4.79 Å². The number of ketones is 1. The molecule has 3 rings (SSSR count). The van der Waals surface area contributed by atoms with Crippen LogP contribution >= 0.6 is 0 Å². The van der Waals surface area contributed by atoms with Crippen molar-refractivity contribution in [2.24, 2.45) is 11.8 Å². The molecule has 3 atom stereocenters. The zero-order chi connectivity index (χ0) is 35.4. The van der Waals surface area contributed by atoms with E-state index in [9.17, 15) is 9.59 Å². The SMILES string of the molecule is C=C(C)[C@@H]1CC=C(C)[C@H](OCOC)[C@H]1CC(=O)/C=C(CCOCc1ccccc1)/C(=C/C(=O)OCC)CCCOCc1ccc(OC)cc1. The quantitative estimate of drug-likeness (QED) is 0.0309. The average molecular weight is 675 g/mol. The van der Waals surface area contributed by atoms with Crippen molar-refractivity contribution in [2.75, 3.05) is 40.8 Å². The van der Waals surface area contributed by atoms with Crippen molar-refractivity contribution in [2.45, 2.75) is 72.2 Å². The number of hydrogen-bond donors (Lipinski definition) is 0. The molecular weight excluding hydrogens is 620 g/mol. The monoisotopic (exact) mass is 674 g/mol. The van der Waals surface area contributed by atoms with E-state index >= 15 is 0 Å². The summed E-state index contributed by atoms with van der Waals surface area (Å²) < 4.78 is 33.8. The van der Waals surface area contributed by atoms with Gasteiger partial charge in [0.05, 0.1) is 39.6 Å². The first-order chi connectivity index (χ1) is 23.7. The Labute approximate surface area is 292 Å². The van der Waals surface area contributed by atoms with Gasteiger partial charge in [0.15, 0.2) is 5.78 Å². The van der Waals surface area contributed by atoms with E-state index in [1.54, 1.807) is 27.2 Å². The molecule has 2 aromatic carbocycles. The number of carbonyl (C=O) groups is 2. The Balaban J connectivity index is 1.81. The number of hydrogen-bond acceptors (Lipinski definition) is 8. The molecule has 266 valence electrons. The Hall–Kier alpha value is -3.82. The van der Waals surface area contributed by atoms with Crippen molar-refractivity contribution in [1.29, 1.82) is 0 Å². The van der Waals surface area contributed by atoms with E-state index in [1.807, 2.05) is 68.4 Å². The number of carbonyl (C=O) groups excluding carboxylic acids is 2. The maximum absolute atomic E-state index is 13.9. The predicted octanol–water partition coefficient (Wildman–Crippen LogP) is 8.12. The summed E-state index contributed by atoms with van der Waals surface area (Å²) in [6.07, 6.45) is 7.81. The van der Waals surface area contributed by atoms with Crippen molar-refractivity contribution < 1.29 is 38.0 Å². The average Bonchev–Trinajstić information content (AvgIpc) is 3.09. The second kappa shape index (κ2) is 22.0. The molecule has 1 aliphatic rings. The molecule has 0 aromatic heterocycles. The van der Waals surface area contributed by atoms with Gasteiger partial charge in [0.1, 0.15) is 12.5 Å². The molecule has 0 amide bonds. The fraction of sp³-hybridized carbons (Fsp3) is 0.463. The number of rotatable bonds is 22. The lowest BCUT2D eigenvalue weighted by molar-refractivity contribution is -0.137. The van der Waals surface area contributed by atoms with Crippen LogP contribution in [0, 0.1) is 11.8 Å². The highest BCUT2D eigenvalue weighted by atomic mass is 16.7. The first-order valence-electron chi connectivity index (χ1n) is 17.1. The van der Waals surface area contributed by atoms with Crippen LogP contribution < -0.4 is 4.74 Å². The topological polar surface area (TPSA) is 89.5 Å². The van der Waals surface area contributed by atoms with Crippen LogP contribution in [0.4, 0.5) is 0 Å². The highest BCUT2D eigenvalue weighted by Crippen LogP contribution is 2.38. The molecule has 8 nitrogen and oxygen atoms in total. The zero-order valence-electron chi connectivity index (χ0n) is 29.9. The van der Waals surface area contributed by atoms with Crippen molar-refractivity contribution in [1.82, 2.24) is 0 Å². The van der Waals surface area contributed by atoms with Crippen molar-refractivity contribution in [3.8, 4) is 5.75 Å². The largest absolute Gasteiger partial charge is 0.497 e. The van der Waals surface area contributed by atoms with Crippen LogP contribution in [0.15, 0.2) is 102 Å². The van der Waals surface area contributed by atoms with Gasteiger partial charge in [0.2, 0.25) is 0 Å². The summed E-state index contributed by atoms with van der Waals surface area (Å²) >= 11 is 0. The molecule has 8 heteroatoms. The fourth-order valence-corrected chi connectivity index (χ4v) is 6.05. The van der Waals surface area contributed by atoms with Crippen molar-refractivity contribution in [3.05, 3.63) is 113 Å². The van der Waals surface area contributed by atoms with Crippen LogP contribution in [0.25, 0.3) is 0 Å². The van der Waals surface area contributed by atoms with Crippen LogP contribution in [0.3, 0.4) is 0 Å². The fourth-order valence-electron chi connectivity index (χ4n) is 6.05. The molecule has 0 saturated heterocycles. The van der Waals surface area contributed by atoms with E-state index in [0.29, 0.717) is 45.7 Å². The zero-order valence-corrected chi connectivity index (χ0v) is 29.9. The number of benzene rings is 2. The molecule has 0 saturated carbocycles. The summed E-state index contributed by atoms with van der Waals surface area (Å²) in [4.78, 5) is 26.7. The molecule has 49 heavy (non-hydrogen) atoms. The smallest absolute Gasteiger partial charge is 0.331 e. The Morgan fingerprint density at radius 2 is 1.57 bits per heavy atom. The molecular formula is C41H54O8. The van der Waals surface area contributed by atoms with Gasteiger partial charge in [-0.15, -0.1) is 0 Å². The highest BCUT2D eigenvalue weighted by molar-refractivity contribution is 5.92. The maximum Gasteiger partial charge on any atom is 0.331 e. The summed E-state index contributed by atoms with van der Waals surface area (Å²) in [6.45, 7) is 12.2. The predicted molar refractivity (Wildman–Crippen MR) is 192 cm³/mol. The van der Waals surface area contributed by atoms with Crippen LogP contribution in [0.5, 0.6) is 5.75 Å². The third-order valence-corrected chi connectivity index (χ3v) is 8.60. The molecule has 0 N–H and O–H groups in total. The molecule has 0 unspecified atom stereocenters. The lowest BCUT2D eigenvalue weighted by atomic mass is 9.72. The minimum Gasteiger partial charge on any atom is -0.497 e. The standard InChI is InChI=1S/C41H54O8/c1-7-48-40(43)25-34(14-11-22-46-28-33-16-18-37(45-6)19-17-33)35(21-23-47-27-32-12-9-8-10-13-32)24-36(42)26-39-38(30(2)3)20-15-31(4)41(39)49-29-44-5/h8-10,12-13,15-19,24-25,38-39,41H,2,7,11,14,20-23,26-29H2,1,3-6H3/b34-25+,35-24+/t38-,39-,41-/m0/s1. The molecule has 0 spiro atoms. The van der Waals surface area contributed by atoms with E-state index in [1.165, 1.54) is 6.08 Å². The number of ether oxygens (including phenoxy) is 6. The molecule has 0 radical (unpaired) electrons. The molecule has 0 heterocycles. The van der Waals surface area contributed by atoms with E-state index in [0.717, 1.165) is 45.6 Å². The van der Waals surface area contributed by atoms with Crippen LogP contribution in [-0.2, 0) is 46.5 Å². The summed E-state index contributed by atoms with van der Waals surface area (Å²) in [7, 11) is 3.23. The Bertz CT molecular complexity index is 1410. The summed E-state index contributed by atoms with van der Waals surface area (Å²) in [5.74, 6) is 0.310. The van der Waals surface area contributed by atoms with E-state index in [-0.39, 0.29) is 43.5 Å². The van der Waals surface area contributed by atoms with Gasteiger partial charge in [-0.05, 0) is 98.4 Å². The van der Waals surface area contributed by atoms with Gasteiger partial charge in [-0.2, -0.15) is 0 Å². The van der Waals surface area contributed by atoms with Gasteiger partial charge >= 0.3 is 5.97 Å². The second-order valence-corrected chi connectivity index (χ2v) is 12.3. The van der Waals surface area contributed by atoms with Gasteiger partial charge in [0, 0.05) is 32.1 Å². The van der Waals surface area contributed by atoms with Crippen LogP contribution in [-0.4, -0.2) is 58.7 Å². The van der Waals surface area contributed by atoms with E-state index < -0.39 is 5.97 Å². The first-order valence-corrected chi connectivity index (χ1v) is 17.1. The number of methoxy groups -OCH3 is 2. The molecule has 0 fully saturated rings. The first kappa shape index (κ1) is 39.6. The Morgan fingerprint density at radius 3 is 2.22 bits per heavy atom. The van der Waals surface area contributed by atoms with Crippen LogP contribution in [0.2, 0.25) is 0 Å². The lowest BCUT2D eigenvalue weighted by Gasteiger charge is -2.37. The third kappa shape index (κ3) is 13.9. The second-order valence-electron chi connectivity index (χ2n) is 12.3. The molecule has 0 bridgehead atoms. The number of esters is 1. The minimum absolute atomic E-state index is 0.0412. The third-order valence-electron chi connectivity index (χ3n) is 8.60. The molecule has 0 aliphatic heterocycles. The normalized spacial score (nSPS) is 18.1. The van der Waals surface area contributed by atoms with Crippen LogP contribution in [0.1, 0.15) is 64.0 Å². The van der Waals surface area contributed by atoms with E-state index in [4.69, 9.17) is 28.4 Å². The lowest BCUT2D eigenvalue weighted by Crippen LogP contribution is -2.36. The molecule has 1 aliphatic carbocycles. The summed E-state index contributed by atoms with van der Waals surface area (Å²) in [5.41, 5.74) is 5.71. The summed E-state index contributed by atoms with van der Waals surface area (Å²) in [6, 6.07) is 17.7. The number of allylic oxidation sites excluding steroid dienone is 4. The van der Waals surface area contributed by atoms with Gasteiger partial charge in [-0.25, -0.2) is 4.79 Å². The highest BCUT2D eigenvalue weighted by Gasteiger charge is 2.36. The Morgan fingerprint density at radius 1 is 0.898 bits per heavy atom.